The van der Waals surface area contributed by atoms with Crippen molar-refractivity contribution >= 4 is 5.91 Å². The lowest BCUT2D eigenvalue weighted by Gasteiger charge is -2.25. The lowest BCUT2D eigenvalue weighted by Crippen LogP contribution is -2.36. The summed E-state index contributed by atoms with van der Waals surface area (Å²) in [7, 11) is 0. The van der Waals surface area contributed by atoms with Crippen molar-refractivity contribution in [3.8, 4) is 0 Å². The van der Waals surface area contributed by atoms with Crippen LogP contribution >= 0.6 is 0 Å². The molecule has 1 unspecified atom stereocenters. The molecule has 29 heavy (non-hydrogen) atoms. The number of hydrogen-bond donors (Lipinski definition) is 2. The SMILES string of the molecule is Cc1ccc(CC[C@@H](NC(C(N)=O)c2ccccc2)c2ccc(F)c(C)c2)cc1. The van der Waals surface area contributed by atoms with Crippen LogP contribution in [-0.2, 0) is 11.2 Å². The highest BCUT2D eigenvalue weighted by Crippen LogP contribution is 2.26. The van der Waals surface area contributed by atoms with Crippen LogP contribution in [0, 0.1) is 19.7 Å². The van der Waals surface area contributed by atoms with Gasteiger partial charge in [-0.15, -0.1) is 0 Å². The summed E-state index contributed by atoms with van der Waals surface area (Å²) in [6, 6.07) is 22.2. The predicted octanol–water partition coefficient (Wildman–Crippen LogP) is 4.93. The second kappa shape index (κ2) is 9.48. The molecule has 0 spiro atoms. The molecule has 0 saturated carbocycles. The highest BCUT2D eigenvalue weighted by atomic mass is 19.1. The van der Waals surface area contributed by atoms with Crippen molar-refractivity contribution < 1.29 is 9.18 Å². The number of nitrogens with two attached hydrogens (primary N) is 1. The Hall–Kier alpha value is -2.98. The normalized spacial score (nSPS) is 13.1. The van der Waals surface area contributed by atoms with Gasteiger partial charge in [-0.3, -0.25) is 10.1 Å². The number of halogens is 1. The molecule has 0 radical (unpaired) electrons. The standard InChI is InChI=1S/C25H27FN2O/c1-17-8-10-19(11-9-17)12-15-23(21-13-14-22(26)18(2)16-21)28-24(25(27)29)20-6-4-3-5-7-20/h3-11,13-14,16,23-24,28H,12,15H2,1-2H3,(H2,27,29)/t23-,24?/m1/s1. The van der Waals surface area contributed by atoms with E-state index in [1.165, 1.54) is 17.2 Å². The fourth-order valence-electron chi connectivity index (χ4n) is 3.49. The van der Waals surface area contributed by atoms with Gasteiger partial charge >= 0.3 is 0 Å². The first-order valence-corrected chi connectivity index (χ1v) is 9.86. The molecule has 3 rings (SSSR count). The third-order valence-corrected chi connectivity index (χ3v) is 5.21. The summed E-state index contributed by atoms with van der Waals surface area (Å²) in [6.45, 7) is 3.81. The number of rotatable bonds is 8. The highest BCUT2D eigenvalue weighted by Gasteiger charge is 2.23. The predicted molar refractivity (Wildman–Crippen MR) is 115 cm³/mol. The van der Waals surface area contributed by atoms with Crippen molar-refractivity contribution in [1.29, 1.82) is 0 Å². The fourth-order valence-corrected chi connectivity index (χ4v) is 3.49. The van der Waals surface area contributed by atoms with Gasteiger partial charge in [0.05, 0.1) is 0 Å². The number of carbonyl (C=O) groups excluding carboxylic acids is 1. The summed E-state index contributed by atoms with van der Waals surface area (Å²) < 4.78 is 13.8. The molecule has 0 aromatic heterocycles. The van der Waals surface area contributed by atoms with Crippen molar-refractivity contribution in [3.05, 3.63) is 106 Å². The van der Waals surface area contributed by atoms with Gasteiger partial charge in [0.15, 0.2) is 0 Å². The molecule has 0 fully saturated rings. The van der Waals surface area contributed by atoms with Gasteiger partial charge in [0.1, 0.15) is 11.9 Å². The number of hydrogen-bond acceptors (Lipinski definition) is 2. The van der Waals surface area contributed by atoms with Gasteiger partial charge in [-0.25, -0.2) is 4.39 Å². The van der Waals surface area contributed by atoms with Gasteiger partial charge in [0, 0.05) is 6.04 Å². The van der Waals surface area contributed by atoms with Gasteiger partial charge in [-0.2, -0.15) is 0 Å². The van der Waals surface area contributed by atoms with Gasteiger partial charge in [-0.05, 0) is 55.0 Å². The minimum Gasteiger partial charge on any atom is -0.368 e. The molecule has 0 bridgehead atoms. The van der Waals surface area contributed by atoms with Crippen LogP contribution in [-0.4, -0.2) is 5.91 Å². The molecule has 3 N–H and O–H groups in total. The monoisotopic (exact) mass is 390 g/mol. The number of aryl methyl sites for hydroxylation is 3. The maximum atomic E-state index is 13.8. The quantitative estimate of drug-likeness (QED) is 0.573. The van der Waals surface area contributed by atoms with Gasteiger partial charge < -0.3 is 5.73 Å². The maximum Gasteiger partial charge on any atom is 0.239 e. The fraction of sp³-hybridized carbons (Fsp3) is 0.240. The Labute approximate surface area is 171 Å². The van der Waals surface area contributed by atoms with Crippen molar-refractivity contribution in [2.24, 2.45) is 5.73 Å². The smallest absolute Gasteiger partial charge is 0.239 e. The molecule has 3 aromatic carbocycles. The Kier molecular flexibility index (Phi) is 6.78. The summed E-state index contributed by atoms with van der Waals surface area (Å²) >= 11 is 0. The van der Waals surface area contributed by atoms with E-state index in [2.05, 4.69) is 36.5 Å². The van der Waals surface area contributed by atoms with E-state index in [0.717, 1.165) is 24.0 Å². The van der Waals surface area contributed by atoms with E-state index >= 15 is 0 Å². The Bertz CT molecular complexity index is 954. The molecular formula is C25H27FN2O. The number of carbonyl (C=O) groups is 1. The van der Waals surface area contributed by atoms with Crippen molar-refractivity contribution in [1.82, 2.24) is 5.32 Å². The molecule has 0 heterocycles. The molecule has 4 heteroatoms. The molecule has 3 nitrogen and oxygen atoms in total. The first-order valence-electron chi connectivity index (χ1n) is 9.86. The molecular weight excluding hydrogens is 363 g/mol. The largest absolute Gasteiger partial charge is 0.368 e. The van der Waals surface area contributed by atoms with Crippen LogP contribution in [0.25, 0.3) is 0 Å². The minimum atomic E-state index is -0.621. The van der Waals surface area contributed by atoms with Gasteiger partial charge in [0.2, 0.25) is 5.91 Å². The highest BCUT2D eigenvalue weighted by molar-refractivity contribution is 5.81. The van der Waals surface area contributed by atoms with E-state index in [4.69, 9.17) is 5.73 Å². The minimum absolute atomic E-state index is 0.145. The summed E-state index contributed by atoms with van der Waals surface area (Å²) in [4.78, 5) is 12.2. The molecule has 150 valence electrons. The number of nitrogens with one attached hydrogen (secondary N) is 1. The average molecular weight is 391 g/mol. The Morgan fingerprint density at radius 3 is 2.28 bits per heavy atom. The molecule has 0 aliphatic rings. The van der Waals surface area contributed by atoms with Gasteiger partial charge in [-0.1, -0.05) is 72.3 Å². The van der Waals surface area contributed by atoms with Crippen LogP contribution in [0.4, 0.5) is 4.39 Å². The summed E-state index contributed by atoms with van der Waals surface area (Å²) in [5.41, 5.74) is 10.5. The van der Waals surface area contributed by atoms with E-state index in [9.17, 15) is 9.18 Å². The zero-order valence-electron chi connectivity index (χ0n) is 16.9. The Balaban J connectivity index is 1.87. The summed E-state index contributed by atoms with van der Waals surface area (Å²) in [5.74, 6) is -0.670. The topological polar surface area (TPSA) is 55.1 Å². The zero-order valence-corrected chi connectivity index (χ0v) is 16.9. The first-order chi connectivity index (χ1) is 13.9. The second-order valence-electron chi connectivity index (χ2n) is 7.50. The number of benzene rings is 3. The van der Waals surface area contributed by atoms with Crippen LogP contribution in [0.5, 0.6) is 0 Å². The molecule has 0 saturated heterocycles. The van der Waals surface area contributed by atoms with Crippen LogP contribution < -0.4 is 11.1 Å². The van der Waals surface area contributed by atoms with Crippen LogP contribution in [0.15, 0.2) is 72.8 Å². The van der Waals surface area contributed by atoms with E-state index < -0.39 is 11.9 Å². The maximum absolute atomic E-state index is 13.8. The van der Waals surface area contributed by atoms with Crippen molar-refractivity contribution in [2.75, 3.05) is 0 Å². The van der Waals surface area contributed by atoms with Crippen LogP contribution in [0.3, 0.4) is 0 Å². The van der Waals surface area contributed by atoms with Crippen molar-refractivity contribution in [2.45, 2.75) is 38.8 Å². The lowest BCUT2D eigenvalue weighted by molar-refractivity contribution is -0.120. The Morgan fingerprint density at radius 2 is 1.66 bits per heavy atom. The number of primary amides is 1. The van der Waals surface area contributed by atoms with Crippen LogP contribution in [0.2, 0.25) is 0 Å². The lowest BCUT2D eigenvalue weighted by atomic mass is 9.95. The molecule has 0 aliphatic heterocycles. The number of amides is 1. The molecule has 3 aromatic rings. The van der Waals surface area contributed by atoms with Crippen molar-refractivity contribution in [3.63, 3.8) is 0 Å². The van der Waals surface area contributed by atoms with E-state index in [1.54, 1.807) is 13.0 Å². The summed E-state index contributed by atoms with van der Waals surface area (Å²) in [6.07, 6.45) is 1.58. The first kappa shape index (κ1) is 20.7. The average Bonchev–Trinajstić information content (AvgIpc) is 2.72. The third-order valence-electron chi connectivity index (χ3n) is 5.21. The van der Waals surface area contributed by atoms with E-state index in [0.29, 0.717) is 5.56 Å². The third kappa shape index (κ3) is 5.52. The molecule has 1 amide bonds. The van der Waals surface area contributed by atoms with Crippen LogP contribution in [0.1, 0.15) is 46.3 Å². The zero-order chi connectivity index (χ0) is 20.8. The van der Waals surface area contributed by atoms with Gasteiger partial charge in [0.25, 0.3) is 0 Å². The Morgan fingerprint density at radius 1 is 0.966 bits per heavy atom. The second-order valence-corrected chi connectivity index (χ2v) is 7.50. The summed E-state index contributed by atoms with van der Waals surface area (Å²) in [5, 5.41) is 3.42. The molecule has 0 aliphatic carbocycles. The molecule has 2 atom stereocenters. The van der Waals surface area contributed by atoms with E-state index in [-0.39, 0.29) is 11.9 Å². The van der Waals surface area contributed by atoms with E-state index in [1.807, 2.05) is 36.4 Å².